The van der Waals surface area contributed by atoms with Crippen LogP contribution in [0.5, 0.6) is 11.5 Å². The normalized spacial score (nSPS) is 12.8. The van der Waals surface area contributed by atoms with Crippen LogP contribution in [0.1, 0.15) is 17.7 Å². The van der Waals surface area contributed by atoms with Gasteiger partial charge in [0, 0.05) is 12.6 Å². The van der Waals surface area contributed by atoms with Gasteiger partial charge in [-0.3, -0.25) is 4.79 Å². The minimum atomic E-state index is -0.220. The van der Waals surface area contributed by atoms with Gasteiger partial charge in [-0.25, -0.2) is 0 Å². The second-order valence-electron chi connectivity index (χ2n) is 5.61. The van der Waals surface area contributed by atoms with E-state index in [0.29, 0.717) is 48.6 Å². The zero-order valence-electron chi connectivity index (χ0n) is 14.0. The zero-order chi connectivity index (χ0) is 18.4. The third kappa shape index (κ3) is 4.38. The van der Waals surface area contributed by atoms with E-state index >= 15 is 0 Å². The van der Waals surface area contributed by atoms with Crippen molar-refractivity contribution in [1.82, 2.24) is 4.90 Å². The summed E-state index contributed by atoms with van der Waals surface area (Å²) in [6.45, 7) is 1.55. The number of fused-ring (bicyclic) bond motifs is 1. The predicted octanol–water partition coefficient (Wildman–Crippen LogP) is 3.66. The molecule has 1 amide bonds. The summed E-state index contributed by atoms with van der Waals surface area (Å²) in [5.74, 6) is 1.53. The standard InChI is InChI=1S/C19H17ClN2O4/c20-16-11-14(12-17-19(16)26-10-9-25-17)4-5-18(23)22(7-2-6-21)13-15-3-1-8-24-15/h1,3-5,8,11-12H,2,7,9-10,13H2/b5-4+. The highest BCUT2D eigenvalue weighted by molar-refractivity contribution is 6.32. The van der Waals surface area contributed by atoms with Gasteiger partial charge in [0.05, 0.1) is 30.3 Å². The smallest absolute Gasteiger partial charge is 0.247 e. The van der Waals surface area contributed by atoms with E-state index in [1.165, 1.54) is 6.08 Å². The Labute approximate surface area is 156 Å². The summed E-state index contributed by atoms with van der Waals surface area (Å²) < 4.78 is 16.3. The van der Waals surface area contributed by atoms with Gasteiger partial charge in [0.15, 0.2) is 11.5 Å². The second-order valence-corrected chi connectivity index (χ2v) is 6.01. The van der Waals surface area contributed by atoms with Crippen molar-refractivity contribution in [2.24, 2.45) is 0 Å². The van der Waals surface area contributed by atoms with Crippen molar-refractivity contribution in [2.45, 2.75) is 13.0 Å². The van der Waals surface area contributed by atoms with Crippen LogP contribution in [0.3, 0.4) is 0 Å². The molecule has 0 N–H and O–H groups in total. The average molecular weight is 373 g/mol. The number of furan rings is 1. The second kappa shape index (κ2) is 8.45. The van der Waals surface area contributed by atoms with Crippen LogP contribution < -0.4 is 9.47 Å². The van der Waals surface area contributed by atoms with Gasteiger partial charge in [0.1, 0.15) is 19.0 Å². The number of halogens is 1. The zero-order valence-corrected chi connectivity index (χ0v) is 14.7. The molecule has 7 heteroatoms. The molecule has 0 spiro atoms. The van der Waals surface area contributed by atoms with Gasteiger partial charge in [-0.15, -0.1) is 0 Å². The molecule has 0 saturated heterocycles. The molecule has 1 aliphatic rings. The Morgan fingerprint density at radius 3 is 2.96 bits per heavy atom. The first-order chi connectivity index (χ1) is 12.7. The van der Waals surface area contributed by atoms with Gasteiger partial charge >= 0.3 is 0 Å². The monoisotopic (exact) mass is 372 g/mol. The Morgan fingerprint density at radius 2 is 2.19 bits per heavy atom. The number of hydrogen-bond acceptors (Lipinski definition) is 5. The van der Waals surface area contributed by atoms with E-state index in [1.807, 2.05) is 0 Å². The SMILES string of the molecule is N#CCCN(Cc1ccco1)C(=O)/C=C/c1cc(Cl)c2c(c1)OCCO2. The number of hydrogen-bond donors (Lipinski definition) is 0. The number of carbonyl (C=O) groups excluding carboxylic acids is 1. The summed E-state index contributed by atoms with van der Waals surface area (Å²) in [5.41, 5.74) is 0.728. The van der Waals surface area contributed by atoms with Gasteiger partial charge in [0.2, 0.25) is 5.91 Å². The predicted molar refractivity (Wildman–Crippen MR) is 95.8 cm³/mol. The van der Waals surface area contributed by atoms with E-state index in [9.17, 15) is 4.79 Å². The molecule has 0 atom stereocenters. The van der Waals surface area contributed by atoms with Crippen LogP contribution in [0.2, 0.25) is 5.02 Å². The van der Waals surface area contributed by atoms with Gasteiger partial charge in [-0.1, -0.05) is 11.6 Å². The van der Waals surface area contributed by atoms with Crippen molar-refractivity contribution in [3.8, 4) is 17.6 Å². The summed E-state index contributed by atoms with van der Waals surface area (Å²) in [7, 11) is 0. The Kier molecular flexibility index (Phi) is 5.82. The van der Waals surface area contributed by atoms with Crippen LogP contribution in [-0.2, 0) is 11.3 Å². The number of nitrogens with zero attached hydrogens (tertiary/aromatic N) is 2. The maximum atomic E-state index is 12.5. The fraction of sp³-hybridized carbons (Fsp3) is 0.263. The lowest BCUT2D eigenvalue weighted by Crippen LogP contribution is -2.29. The number of nitriles is 1. The van der Waals surface area contributed by atoms with Crippen molar-refractivity contribution >= 4 is 23.6 Å². The van der Waals surface area contributed by atoms with Gasteiger partial charge < -0.3 is 18.8 Å². The fourth-order valence-corrected chi connectivity index (χ4v) is 2.82. The van der Waals surface area contributed by atoms with E-state index in [4.69, 9.17) is 30.8 Å². The van der Waals surface area contributed by atoms with Crippen LogP contribution in [-0.4, -0.2) is 30.6 Å². The lowest BCUT2D eigenvalue weighted by molar-refractivity contribution is -0.126. The van der Waals surface area contributed by atoms with Crippen molar-refractivity contribution in [3.05, 3.63) is 53.0 Å². The molecule has 3 rings (SSSR count). The lowest BCUT2D eigenvalue weighted by atomic mass is 10.1. The Hall–Kier alpha value is -2.91. The third-order valence-corrected chi connectivity index (χ3v) is 4.05. The van der Waals surface area contributed by atoms with Crippen LogP contribution >= 0.6 is 11.6 Å². The van der Waals surface area contributed by atoms with Gasteiger partial charge in [0.25, 0.3) is 0 Å². The van der Waals surface area contributed by atoms with Crippen molar-refractivity contribution < 1.29 is 18.7 Å². The molecule has 26 heavy (non-hydrogen) atoms. The molecule has 1 aliphatic heterocycles. The van der Waals surface area contributed by atoms with Crippen molar-refractivity contribution in [2.75, 3.05) is 19.8 Å². The van der Waals surface area contributed by atoms with E-state index in [2.05, 4.69) is 6.07 Å². The number of amides is 1. The van der Waals surface area contributed by atoms with Crippen LogP contribution in [0.4, 0.5) is 0 Å². The van der Waals surface area contributed by atoms with Gasteiger partial charge in [-0.05, 0) is 35.9 Å². The molecular formula is C19H17ClN2O4. The highest BCUT2D eigenvalue weighted by Crippen LogP contribution is 2.38. The molecule has 0 saturated carbocycles. The molecule has 2 aromatic rings. The van der Waals surface area contributed by atoms with Crippen LogP contribution in [0, 0.1) is 11.3 Å². The van der Waals surface area contributed by atoms with Crippen molar-refractivity contribution in [3.63, 3.8) is 0 Å². The molecule has 2 heterocycles. The molecule has 0 bridgehead atoms. The summed E-state index contributed by atoms with van der Waals surface area (Å²) in [6.07, 6.45) is 4.90. The number of benzene rings is 1. The first kappa shape index (κ1) is 17.9. The molecule has 0 radical (unpaired) electrons. The minimum Gasteiger partial charge on any atom is -0.486 e. The van der Waals surface area contributed by atoms with E-state index < -0.39 is 0 Å². The summed E-state index contributed by atoms with van der Waals surface area (Å²) in [6, 6.07) is 9.09. The Bertz CT molecular complexity index is 840. The van der Waals surface area contributed by atoms with Crippen LogP contribution in [0.15, 0.2) is 41.0 Å². The third-order valence-electron chi connectivity index (χ3n) is 3.77. The first-order valence-electron chi connectivity index (χ1n) is 8.13. The summed E-state index contributed by atoms with van der Waals surface area (Å²) in [5, 5.41) is 9.24. The quantitative estimate of drug-likeness (QED) is 0.723. The largest absolute Gasteiger partial charge is 0.486 e. The molecule has 1 aromatic heterocycles. The molecular weight excluding hydrogens is 356 g/mol. The fourth-order valence-electron chi connectivity index (χ4n) is 2.54. The molecule has 1 aromatic carbocycles. The van der Waals surface area contributed by atoms with Crippen LogP contribution in [0.25, 0.3) is 6.08 Å². The minimum absolute atomic E-state index is 0.220. The Balaban J connectivity index is 1.73. The summed E-state index contributed by atoms with van der Waals surface area (Å²) in [4.78, 5) is 14.1. The van der Waals surface area contributed by atoms with E-state index in [-0.39, 0.29) is 12.3 Å². The Morgan fingerprint density at radius 1 is 1.35 bits per heavy atom. The topological polar surface area (TPSA) is 75.7 Å². The maximum absolute atomic E-state index is 12.5. The van der Waals surface area contributed by atoms with E-state index in [1.54, 1.807) is 41.5 Å². The molecule has 0 unspecified atom stereocenters. The average Bonchev–Trinajstić information content (AvgIpc) is 3.16. The lowest BCUT2D eigenvalue weighted by Gasteiger charge is -2.20. The van der Waals surface area contributed by atoms with Gasteiger partial charge in [-0.2, -0.15) is 5.26 Å². The number of rotatable bonds is 6. The number of ether oxygens (including phenoxy) is 2. The highest BCUT2D eigenvalue weighted by atomic mass is 35.5. The summed E-state index contributed by atoms with van der Waals surface area (Å²) >= 11 is 6.21. The van der Waals surface area contributed by atoms with E-state index in [0.717, 1.165) is 5.56 Å². The molecule has 6 nitrogen and oxygen atoms in total. The molecule has 0 aliphatic carbocycles. The van der Waals surface area contributed by atoms with Crippen molar-refractivity contribution in [1.29, 1.82) is 5.26 Å². The number of carbonyl (C=O) groups is 1. The highest BCUT2D eigenvalue weighted by Gasteiger charge is 2.17. The first-order valence-corrected chi connectivity index (χ1v) is 8.50. The molecule has 134 valence electrons. The molecule has 0 fully saturated rings. The maximum Gasteiger partial charge on any atom is 0.247 e.